The van der Waals surface area contributed by atoms with Crippen molar-refractivity contribution in [1.82, 2.24) is 24.0 Å². The number of piperidine rings is 1. The second-order valence-corrected chi connectivity index (χ2v) is 10.7. The fraction of sp³-hybridized carbons (Fsp3) is 0.364. The molecule has 1 amide bonds. The summed E-state index contributed by atoms with van der Waals surface area (Å²) in [5, 5.41) is 26.9. The maximum Gasteiger partial charge on any atom is 0.407 e. The van der Waals surface area contributed by atoms with E-state index >= 15 is 0 Å². The number of pyridine rings is 1. The number of fused-ring (bicyclic) bond motifs is 1. The van der Waals surface area contributed by atoms with Crippen LogP contribution in [-0.2, 0) is 15.6 Å². The van der Waals surface area contributed by atoms with Crippen molar-refractivity contribution in [3.05, 3.63) is 46.9 Å². The van der Waals surface area contributed by atoms with Crippen molar-refractivity contribution >= 4 is 38.5 Å². The zero-order valence-electron chi connectivity index (χ0n) is 19.2. The number of sulfonamides is 1. The van der Waals surface area contributed by atoms with E-state index in [4.69, 9.17) is 0 Å². The van der Waals surface area contributed by atoms with E-state index < -0.39 is 21.7 Å². The Morgan fingerprint density at radius 3 is 2.49 bits per heavy atom. The van der Waals surface area contributed by atoms with E-state index in [0.717, 1.165) is 4.31 Å². The number of likely N-dealkylation sites (tertiary alicyclic amines) is 1. The minimum atomic E-state index is -3.59. The molecule has 0 spiro atoms. The number of rotatable bonds is 6. The van der Waals surface area contributed by atoms with Crippen LogP contribution in [0.15, 0.2) is 46.2 Å². The second-order valence-electron chi connectivity index (χ2n) is 8.59. The van der Waals surface area contributed by atoms with Crippen LogP contribution in [0.1, 0.15) is 19.3 Å². The van der Waals surface area contributed by atoms with E-state index in [1.165, 1.54) is 37.3 Å². The van der Waals surface area contributed by atoms with E-state index in [9.17, 15) is 28.4 Å². The van der Waals surface area contributed by atoms with Crippen LogP contribution in [0.3, 0.4) is 0 Å². The van der Waals surface area contributed by atoms with Gasteiger partial charge in [0.1, 0.15) is 5.39 Å². The van der Waals surface area contributed by atoms with Crippen LogP contribution in [0.4, 0.5) is 16.3 Å². The number of nitrogens with one attached hydrogen (secondary N) is 2. The Labute approximate surface area is 201 Å². The lowest BCUT2D eigenvalue weighted by Crippen LogP contribution is -2.48. The minimum absolute atomic E-state index is 0.0978. The Kier molecular flexibility index (Phi) is 6.27. The fourth-order valence-corrected chi connectivity index (χ4v) is 5.21. The van der Waals surface area contributed by atoms with Gasteiger partial charge in [-0.25, -0.2) is 17.5 Å². The van der Waals surface area contributed by atoms with Crippen molar-refractivity contribution < 1.29 is 18.3 Å². The van der Waals surface area contributed by atoms with Crippen molar-refractivity contribution in [3.63, 3.8) is 0 Å². The Morgan fingerprint density at radius 1 is 1.26 bits per heavy atom. The van der Waals surface area contributed by atoms with Crippen molar-refractivity contribution in [1.29, 1.82) is 5.26 Å². The van der Waals surface area contributed by atoms with Crippen molar-refractivity contribution in [2.75, 3.05) is 32.5 Å². The third-order valence-electron chi connectivity index (χ3n) is 6.32. The average Bonchev–Trinajstić information content (AvgIpc) is 3.20. The molecule has 3 aromatic rings. The third-order valence-corrected chi connectivity index (χ3v) is 8.15. The SMILES string of the molecule is CN(C)S(=O)(=O)c1ccc(Nc2nn(C3(CC#N)CCN(C(=O)O)CC3)c3cc[nH]c(=O)c23)cc1. The molecule has 4 rings (SSSR count). The molecule has 0 unspecified atom stereocenters. The first kappa shape index (κ1) is 24.2. The van der Waals surface area contributed by atoms with Gasteiger partial charge >= 0.3 is 6.09 Å². The number of aromatic nitrogens is 3. The minimum Gasteiger partial charge on any atom is -0.465 e. The lowest BCUT2D eigenvalue weighted by Gasteiger charge is -2.40. The number of nitriles is 1. The Bertz CT molecular complexity index is 1460. The molecule has 0 saturated carbocycles. The van der Waals surface area contributed by atoms with E-state index in [-0.39, 0.29) is 41.2 Å². The summed E-state index contributed by atoms with van der Waals surface area (Å²) in [5.41, 5.74) is -0.121. The Balaban J connectivity index is 1.75. The van der Waals surface area contributed by atoms with Gasteiger partial charge in [-0.3, -0.25) is 9.48 Å². The van der Waals surface area contributed by atoms with Crippen molar-refractivity contribution in [3.8, 4) is 6.07 Å². The van der Waals surface area contributed by atoms with Crippen LogP contribution in [0.5, 0.6) is 0 Å². The van der Waals surface area contributed by atoms with Gasteiger partial charge < -0.3 is 20.3 Å². The first-order valence-corrected chi connectivity index (χ1v) is 12.3. The van der Waals surface area contributed by atoms with Gasteiger partial charge in [-0.2, -0.15) is 10.4 Å². The van der Waals surface area contributed by atoms with Crippen LogP contribution in [0, 0.1) is 11.3 Å². The molecule has 0 aliphatic carbocycles. The van der Waals surface area contributed by atoms with Crippen molar-refractivity contribution in [2.24, 2.45) is 0 Å². The quantitative estimate of drug-likeness (QED) is 0.464. The van der Waals surface area contributed by atoms with Gasteiger partial charge in [0.05, 0.1) is 28.4 Å². The Hall–Kier alpha value is -3.89. The normalized spacial score (nSPS) is 15.8. The number of carboxylic acid groups (broad SMARTS) is 1. The zero-order valence-corrected chi connectivity index (χ0v) is 20.0. The van der Waals surface area contributed by atoms with Gasteiger partial charge in [0.15, 0.2) is 5.82 Å². The molecular weight excluding hydrogens is 474 g/mol. The summed E-state index contributed by atoms with van der Waals surface area (Å²) in [6, 6.07) is 9.97. The molecule has 35 heavy (non-hydrogen) atoms. The van der Waals surface area contributed by atoms with Crippen LogP contribution in [0.25, 0.3) is 10.9 Å². The van der Waals surface area contributed by atoms with Crippen LogP contribution < -0.4 is 10.9 Å². The summed E-state index contributed by atoms with van der Waals surface area (Å²) in [6.45, 7) is 0.484. The highest BCUT2D eigenvalue weighted by molar-refractivity contribution is 7.89. The Morgan fingerprint density at radius 2 is 1.91 bits per heavy atom. The van der Waals surface area contributed by atoms with Gasteiger partial charge in [0.2, 0.25) is 10.0 Å². The highest BCUT2D eigenvalue weighted by Crippen LogP contribution is 2.37. The lowest BCUT2D eigenvalue weighted by molar-refractivity contribution is 0.0912. The largest absolute Gasteiger partial charge is 0.465 e. The molecule has 3 heterocycles. The monoisotopic (exact) mass is 499 g/mol. The number of hydrogen-bond acceptors (Lipinski definition) is 7. The van der Waals surface area contributed by atoms with Gasteiger partial charge in [-0.15, -0.1) is 0 Å². The third kappa shape index (κ3) is 4.33. The van der Waals surface area contributed by atoms with Crippen LogP contribution in [0.2, 0.25) is 0 Å². The molecule has 0 radical (unpaired) electrons. The summed E-state index contributed by atoms with van der Waals surface area (Å²) in [5.74, 6) is 0.253. The summed E-state index contributed by atoms with van der Waals surface area (Å²) < 4.78 is 27.5. The highest BCUT2D eigenvalue weighted by atomic mass is 32.2. The summed E-state index contributed by atoms with van der Waals surface area (Å²) in [7, 11) is -0.691. The molecule has 0 atom stereocenters. The highest BCUT2D eigenvalue weighted by Gasteiger charge is 2.40. The van der Waals surface area contributed by atoms with Gasteiger partial charge in [0.25, 0.3) is 5.56 Å². The molecule has 0 bridgehead atoms. The second kappa shape index (κ2) is 9.05. The zero-order chi connectivity index (χ0) is 25.4. The van der Waals surface area contributed by atoms with E-state index in [0.29, 0.717) is 24.0 Å². The number of hydrogen-bond donors (Lipinski definition) is 3. The number of H-pyrrole nitrogens is 1. The maximum absolute atomic E-state index is 12.8. The number of benzene rings is 1. The van der Waals surface area contributed by atoms with Gasteiger partial charge in [-0.05, 0) is 43.2 Å². The predicted octanol–water partition coefficient (Wildman–Crippen LogP) is 2.10. The van der Waals surface area contributed by atoms with Crippen molar-refractivity contribution in [2.45, 2.75) is 29.7 Å². The molecule has 1 saturated heterocycles. The first-order valence-electron chi connectivity index (χ1n) is 10.8. The molecule has 12 nitrogen and oxygen atoms in total. The summed E-state index contributed by atoms with van der Waals surface area (Å²) in [4.78, 5) is 28.2. The van der Waals surface area contributed by atoms with Crippen LogP contribution >= 0.6 is 0 Å². The summed E-state index contributed by atoms with van der Waals surface area (Å²) in [6.07, 6.45) is 1.32. The molecule has 3 N–H and O–H groups in total. The maximum atomic E-state index is 12.8. The number of anilines is 2. The standard InChI is InChI=1S/C22H25N7O5S/c1-27(2)35(33,34)16-5-3-15(4-6-16)25-19-18-17(7-12-24-20(18)30)29(26-19)22(8-11-23)9-13-28(14-10-22)21(31)32/h3-7,12H,8-10,13-14H2,1-2H3,(H,24,30)(H,25,26)(H,31,32). The lowest BCUT2D eigenvalue weighted by atomic mass is 9.85. The molecule has 1 fully saturated rings. The van der Waals surface area contributed by atoms with E-state index in [2.05, 4.69) is 21.5 Å². The molecule has 1 aliphatic heterocycles. The molecule has 1 aromatic carbocycles. The molecule has 13 heteroatoms. The average molecular weight is 500 g/mol. The molecule has 2 aromatic heterocycles. The number of carbonyl (C=O) groups is 1. The summed E-state index contributed by atoms with van der Waals surface area (Å²) >= 11 is 0. The number of aromatic amines is 1. The molecular formula is C22H25N7O5S. The molecule has 184 valence electrons. The van der Waals surface area contributed by atoms with Crippen LogP contribution in [-0.4, -0.2) is 70.8 Å². The fourth-order valence-electron chi connectivity index (χ4n) is 4.31. The number of nitrogens with zero attached hydrogens (tertiary/aromatic N) is 5. The van der Waals surface area contributed by atoms with Gasteiger partial charge in [0, 0.05) is 39.1 Å². The topological polar surface area (TPSA) is 164 Å². The van der Waals surface area contributed by atoms with Gasteiger partial charge in [-0.1, -0.05) is 0 Å². The molecule has 1 aliphatic rings. The smallest absolute Gasteiger partial charge is 0.407 e. The van der Waals surface area contributed by atoms with E-state index in [1.807, 2.05) is 0 Å². The first-order chi connectivity index (χ1) is 16.6. The number of amides is 1. The van der Waals surface area contributed by atoms with E-state index in [1.54, 1.807) is 22.9 Å². The predicted molar refractivity (Wildman–Crippen MR) is 128 cm³/mol.